The molecule has 0 saturated heterocycles. The van der Waals surface area contributed by atoms with E-state index < -0.39 is 19.9 Å². The lowest BCUT2D eigenvalue weighted by Crippen LogP contribution is -1.99. The highest BCUT2D eigenvalue weighted by Crippen LogP contribution is 2.12. The first-order valence-corrected chi connectivity index (χ1v) is 2.87. The lowest BCUT2D eigenvalue weighted by atomic mass is 11.4. The molecule has 0 aromatic carbocycles. The molecule has 0 radical (unpaired) electrons. The second-order valence-corrected chi connectivity index (χ2v) is 1.69. The lowest BCUT2D eigenvalue weighted by Gasteiger charge is -1.88. The van der Waals surface area contributed by atoms with Crippen molar-refractivity contribution in [1.29, 1.82) is 0 Å². The van der Waals surface area contributed by atoms with Crippen LogP contribution in [0.2, 0.25) is 0 Å². The van der Waals surface area contributed by atoms with E-state index in [1.807, 2.05) is 0 Å². The van der Waals surface area contributed by atoms with Gasteiger partial charge in [-0.15, -0.1) is 0 Å². The average Bonchev–Trinajstić information content (AvgIpc) is 1.61. The van der Waals surface area contributed by atoms with Gasteiger partial charge in [-0.05, 0) is 0 Å². The first-order valence-electron chi connectivity index (χ1n) is 1.60. The molecule has 7 heteroatoms. The van der Waals surface area contributed by atoms with Gasteiger partial charge in [-0.2, -0.15) is 0 Å². The molecule has 6 nitrogen and oxygen atoms in total. The van der Waals surface area contributed by atoms with Gasteiger partial charge in [0.25, 0.3) is 0 Å². The largest absolute Gasteiger partial charge is 0.326 e. The molecule has 0 aromatic rings. The summed E-state index contributed by atoms with van der Waals surface area (Å²) in [6, 6.07) is 0. The summed E-state index contributed by atoms with van der Waals surface area (Å²) in [7, 11) is -3.12. The van der Waals surface area contributed by atoms with Crippen LogP contribution in [0.3, 0.4) is 0 Å². The highest BCUT2D eigenvalue weighted by molar-refractivity contribution is 7.32. The number of rotatable bonds is 3. The van der Waals surface area contributed by atoms with Gasteiger partial charge >= 0.3 is 15.0 Å². The number of hydrogen-bond acceptors (Lipinski definition) is 4. The Bertz CT molecular complexity index is 97.0. The molecule has 0 aromatic heterocycles. The summed E-state index contributed by atoms with van der Waals surface area (Å²) in [4.78, 5) is 16.3. The predicted molar refractivity (Wildman–Crippen MR) is 24.2 cm³/mol. The van der Waals surface area contributed by atoms with Crippen molar-refractivity contribution in [3.05, 3.63) is 10.1 Å². The van der Waals surface area contributed by atoms with Crippen molar-refractivity contribution in [2.24, 2.45) is 0 Å². The van der Waals surface area contributed by atoms with Gasteiger partial charge in [0.15, 0.2) is 0 Å². The van der Waals surface area contributed by atoms with Crippen LogP contribution in [0, 0.1) is 10.1 Å². The smallest absolute Gasteiger partial charge is 0.321 e. The minimum Gasteiger partial charge on any atom is -0.326 e. The average molecular weight is 141 g/mol. The van der Waals surface area contributed by atoms with Crippen molar-refractivity contribution in [3.63, 3.8) is 0 Å². The molecule has 0 amide bonds. The third-order valence-corrected chi connectivity index (χ3v) is 0.669. The molecule has 0 fully saturated rings. The Labute approximate surface area is 45.2 Å². The monoisotopic (exact) mass is 141 g/mol. The summed E-state index contributed by atoms with van der Waals surface area (Å²) < 4.78 is 13.3. The second kappa shape index (κ2) is 3.54. The molecule has 0 aliphatic rings. The van der Waals surface area contributed by atoms with Crippen LogP contribution in [0.15, 0.2) is 0 Å². The Morgan fingerprint density at radius 2 is 2.38 bits per heavy atom. The van der Waals surface area contributed by atoms with Gasteiger partial charge in [-0.3, -0.25) is 14.7 Å². The molecular formula is CH4NO5P. The molecule has 0 saturated carbocycles. The highest BCUT2D eigenvalue weighted by atomic mass is 31.1. The molecule has 0 aliphatic heterocycles. The van der Waals surface area contributed by atoms with Crippen LogP contribution in [0.5, 0.6) is 0 Å². The Morgan fingerprint density at radius 1 is 1.88 bits per heavy atom. The van der Waals surface area contributed by atoms with Gasteiger partial charge in [0.2, 0.25) is 0 Å². The lowest BCUT2D eigenvalue weighted by molar-refractivity contribution is -0.514. The first kappa shape index (κ1) is 7.55. The topological polar surface area (TPSA) is 89.7 Å². The zero-order valence-electron chi connectivity index (χ0n) is 3.73. The van der Waals surface area contributed by atoms with Gasteiger partial charge in [0, 0.05) is 4.92 Å². The van der Waals surface area contributed by atoms with Crippen LogP contribution in [0.25, 0.3) is 0 Å². The molecule has 8 heavy (non-hydrogen) atoms. The zero-order chi connectivity index (χ0) is 6.57. The van der Waals surface area contributed by atoms with Crippen molar-refractivity contribution < 1.29 is 18.9 Å². The summed E-state index contributed by atoms with van der Waals surface area (Å²) in [5.74, 6) is 0. The van der Waals surface area contributed by atoms with Crippen LogP contribution in [-0.4, -0.2) is 16.5 Å². The summed E-state index contributed by atoms with van der Waals surface area (Å²) >= 11 is 0. The van der Waals surface area contributed by atoms with Crippen molar-refractivity contribution in [2.75, 3.05) is 6.73 Å². The minimum absolute atomic E-state index is 0.835. The SMILES string of the molecule is O=[N+]([O-])CO[PH](=O)O. The Balaban J connectivity index is 3.18. The van der Waals surface area contributed by atoms with E-state index in [2.05, 4.69) is 4.52 Å². The summed E-state index contributed by atoms with van der Waals surface area (Å²) in [5, 5.41) is 9.35. The molecule has 1 unspecified atom stereocenters. The maximum absolute atomic E-state index is 9.56. The molecule has 1 atom stereocenters. The molecule has 0 aliphatic carbocycles. The Morgan fingerprint density at radius 3 is 2.50 bits per heavy atom. The first-order chi connectivity index (χ1) is 3.63. The molecule has 0 rings (SSSR count). The van der Waals surface area contributed by atoms with Gasteiger partial charge in [0.05, 0.1) is 0 Å². The maximum Gasteiger partial charge on any atom is 0.321 e. The third-order valence-electron chi connectivity index (χ3n) is 0.293. The van der Waals surface area contributed by atoms with E-state index in [0.717, 1.165) is 0 Å². The maximum atomic E-state index is 9.56. The van der Waals surface area contributed by atoms with E-state index in [9.17, 15) is 14.7 Å². The van der Waals surface area contributed by atoms with E-state index in [1.54, 1.807) is 0 Å². The minimum atomic E-state index is -3.12. The van der Waals surface area contributed by atoms with Gasteiger partial charge in [0.1, 0.15) is 0 Å². The van der Waals surface area contributed by atoms with Crippen LogP contribution >= 0.6 is 8.25 Å². The molecule has 0 bridgehead atoms. The van der Waals surface area contributed by atoms with Crippen LogP contribution in [0.4, 0.5) is 0 Å². The van der Waals surface area contributed by atoms with E-state index in [4.69, 9.17) is 4.89 Å². The Hall–Kier alpha value is -0.450. The highest BCUT2D eigenvalue weighted by Gasteiger charge is 1.97. The van der Waals surface area contributed by atoms with E-state index in [-0.39, 0.29) is 0 Å². The standard InChI is InChI=1S/CH4NO5P/c3-2(4)1-7-8(5)6/h8H,1H2,(H,5,6). The molecular weight excluding hydrogens is 137 g/mol. The van der Waals surface area contributed by atoms with E-state index >= 15 is 0 Å². The fraction of sp³-hybridized carbons (Fsp3) is 1.00. The Kier molecular flexibility index (Phi) is 3.34. The van der Waals surface area contributed by atoms with Gasteiger partial charge in [-0.1, -0.05) is 0 Å². The molecule has 48 valence electrons. The molecule has 1 N–H and O–H groups in total. The summed E-state index contributed by atoms with van der Waals surface area (Å²) in [5.41, 5.74) is 0. The van der Waals surface area contributed by atoms with Crippen molar-refractivity contribution in [2.45, 2.75) is 0 Å². The van der Waals surface area contributed by atoms with E-state index in [1.165, 1.54) is 0 Å². The van der Waals surface area contributed by atoms with Crippen molar-refractivity contribution >= 4 is 8.25 Å². The molecule has 0 heterocycles. The van der Waals surface area contributed by atoms with Crippen molar-refractivity contribution in [1.82, 2.24) is 0 Å². The summed E-state index contributed by atoms with van der Waals surface area (Å²) in [6.45, 7) is -0.908. The quantitative estimate of drug-likeness (QED) is 0.250. The fourth-order valence-electron chi connectivity index (χ4n) is 0.108. The summed E-state index contributed by atoms with van der Waals surface area (Å²) in [6.07, 6.45) is 0. The second-order valence-electron chi connectivity index (χ2n) is 0.872. The fourth-order valence-corrected chi connectivity index (χ4v) is 0.324. The normalized spacial score (nSPS) is 13.1. The van der Waals surface area contributed by atoms with Crippen LogP contribution in [-0.2, 0) is 9.09 Å². The van der Waals surface area contributed by atoms with Crippen molar-refractivity contribution in [3.8, 4) is 0 Å². The van der Waals surface area contributed by atoms with E-state index in [0.29, 0.717) is 0 Å². The predicted octanol–water partition coefficient (Wildman–Crippen LogP) is -0.381. The third kappa shape index (κ3) is 5.55. The number of hydrogen-bond donors (Lipinski definition) is 1. The van der Waals surface area contributed by atoms with Crippen LogP contribution in [0.1, 0.15) is 0 Å². The van der Waals surface area contributed by atoms with Gasteiger partial charge in [-0.25, -0.2) is 4.52 Å². The molecule has 0 spiro atoms. The number of nitrogens with zero attached hydrogens (tertiary/aromatic N) is 1. The zero-order valence-corrected chi connectivity index (χ0v) is 4.73. The number of nitro groups is 1. The van der Waals surface area contributed by atoms with Crippen LogP contribution < -0.4 is 0 Å². The van der Waals surface area contributed by atoms with Gasteiger partial charge < -0.3 is 4.89 Å².